The van der Waals surface area contributed by atoms with Crippen molar-refractivity contribution in [2.45, 2.75) is 26.8 Å². The Morgan fingerprint density at radius 3 is 2.84 bits per heavy atom. The molecule has 4 heteroatoms. The van der Waals surface area contributed by atoms with E-state index in [2.05, 4.69) is 36.0 Å². The van der Waals surface area contributed by atoms with Crippen LogP contribution in [0.25, 0.3) is 11.3 Å². The Balaban J connectivity index is 2.28. The zero-order valence-electron chi connectivity index (χ0n) is 11.7. The van der Waals surface area contributed by atoms with E-state index in [4.69, 9.17) is 11.6 Å². The largest absolute Gasteiger partial charge is 0.302 e. The lowest BCUT2D eigenvalue weighted by Crippen LogP contribution is -2.18. The standard InChI is InChI=1S/C15H20ClN3/c1-4-7-19(3)10-12-9-17-18-15(12)14-6-5-13(16)8-11(14)2/h5-6,8-9H,4,7,10H2,1-3H3,(H,17,18). The van der Waals surface area contributed by atoms with E-state index in [1.807, 2.05) is 24.4 Å². The summed E-state index contributed by atoms with van der Waals surface area (Å²) in [6, 6.07) is 5.93. The van der Waals surface area contributed by atoms with Crippen molar-refractivity contribution < 1.29 is 0 Å². The molecule has 0 aliphatic carbocycles. The van der Waals surface area contributed by atoms with Gasteiger partial charge in [0.05, 0.1) is 5.69 Å². The fourth-order valence-electron chi connectivity index (χ4n) is 2.31. The zero-order chi connectivity index (χ0) is 13.8. The van der Waals surface area contributed by atoms with E-state index in [1.165, 1.54) is 5.56 Å². The van der Waals surface area contributed by atoms with Gasteiger partial charge in [0.15, 0.2) is 0 Å². The fourth-order valence-corrected chi connectivity index (χ4v) is 2.54. The second-order valence-electron chi connectivity index (χ2n) is 4.96. The third-order valence-electron chi connectivity index (χ3n) is 3.21. The van der Waals surface area contributed by atoms with Gasteiger partial charge in [0.25, 0.3) is 0 Å². The van der Waals surface area contributed by atoms with E-state index >= 15 is 0 Å². The Kier molecular flexibility index (Phi) is 4.61. The smallest absolute Gasteiger partial charge is 0.0968 e. The molecule has 1 N–H and O–H groups in total. The van der Waals surface area contributed by atoms with Gasteiger partial charge in [-0.3, -0.25) is 5.10 Å². The molecule has 2 aromatic rings. The van der Waals surface area contributed by atoms with Gasteiger partial charge in [0, 0.05) is 28.9 Å². The molecule has 0 amide bonds. The van der Waals surface area contributed by atoms with Crippen molar-refractivity contribution in [2.75, 3.05) is 13.6 Å². The number of H-pyrrole nitrogens is 1. The molecule has 0 atom stereocenters. The average Bonchev–Trinajstić information content (AvgIpc) is 2.77. The van der Waals surface area contributed by atoms with E-state index in [1.54, 1.807) is 0 Å². The molecule has 0 unspecified atom stereocenters. The number of benzene rings is 1. The van der Waals surface area contributed by atoms with Crippen LogP contribution in [0.5, 0.6) is 0 Å². The monoisotopic (exact) mass is 277 g/mol. The lowest BCUT2D eigenvalue weighted by atomic mass is 10.0. The van der Waals surface area contributed by atoms with Crippen LogP contribution >= 0.6 is 11.6 Å². The highest BCUT2D eigenvalue weighted by Crippen LogP contribution is 2.27. The predicted molar refractivity (Wildman–Crippen MR) is 80.4 cm³/mol. The van der Waals surface area contributed by atoms with E-state index in [0.717, 1.165) is 41.4 Å². The highest BCUT2D eigenvalue weighted by molar-refractivity contribution is 6.30. The van der Waals surface area contributed by atoms with Crippen molar-refractivity contribution in [1.82, 2.24) is 15.1 Å². The molecule has 0 aliphatic rings. The van der Waals surface area contributed by atoms with Crippen LogP contribution in [0, 0.1) is 6.92 Å². The number of aromatic amines is 1. The lowest BCUT2D eigenvalue weighted by Gasteiger charge is -2.15. The van der Waals surface area contributed by atoms with Crippen LogP contribution in [-0.2, 0) is 6.54 Å². The van der Waals surface area contributed by atoms with E-state index in [9.17, 15) is 0 Å². The van der Waals surface area contributed by atoms with E-state index in [-0.39, 0.29) is 0 Å². The Hall–Kier alpha value is -1.32. The van der Waals surface area contributed by atoms with E-state index < -0.39 is 0 Å². The average molecular weight is 278 g/mol. The van der Waals surface area contributed by atoms with Gasteiger partial charge in [-0.2, -0.15) is 5.10 Å². The van der Waals surface area contributed by atoms with Gasteiger partial charge in [0.2, 0.25) is 0 Å². The predicted octanol–water partition coefficient (Wildman–Crippen LogP) is 3.88. The molecule has 1 aromatic carbocycles. The number of nitrogens with one attached hydrogen (secondary N) is 1. The molecular formula is C15H20ClN3. The highest BCUT2D eigenvalue weighted by Gasteiger charge is 2.12. The van der Waals surface area contributed by atoms with Gasteiger partial charge in [-0.25, -0.2) is 0 Å². The molecule has 0 aliphatic heterocycles. The summed E-state index contributed by atoms with van der Waals surface area (Å²) in [5.41, 5.74) is 4.54. The number of aryl methyl sites for hydroxylation is 1. The maximum Gasteiger partial charge on any atom is 0.0968 e. The number of halogens is 1. The third kappa shape index (κ3) is 3.37. The summed E-state index contributed by atoms with van der Waals surface area (Å²) in [5, 5.41) is 8.14. The molecule has 0 bridgehead atoms. The first-order valence-corrected chi connectivity index (χ1v) is 6.97. The van der Waals surface area contributed by atoms with Gasteiger partial charge in [-0.05, 0) is 44.6 Å². The van der Waals surface area contributed by atoms with E-state index in [0.29, 0.717) is 0 Å². The van der Waals surface area contributed by atoms with Gasteiger partial charge in [-0.15, -0.1) is 0 Å². The normalized spacial score (nSPS) is 11.2. The molecule has 0 saturated heterocycles. The lowest BCUT2D eigenvalue weighted by molar-refractivity contribution is 0.328. The van der Waals surface area contributed by atoms with Crippen molar-refractivity contribution in [1.29, 1.82) is 0 Å². The minimum atomic E-state index is 0.765. The second-order valence-corrected chi connectivity index (χ2v) is 5.39. The summed E-state index contributed by atoms with van der Waals surface area (Å²) in [6.07, 6.45) is 3.14. The molecule has 19 heavy (non-hydrogen) atoms. The van der Waals surface area contributed by atoms with Crippen molar-refractivity contribution in [2.24, 2.45) is 0 Å². The highest BCUT2D eigenvalue weighted by atomic mass is 35.5. The Labute approximate surface area is 119 Å². The molecular weight excluding hydrogens is 258 g/mol. The second kappa shape index (κ2) is 6.22. The van der Waals surface area contributed by atoms with Crippen molar-refractivity contribution >= 4 is 11.6 Å². The van der Waals surface area contributed by atoms with Crippen LogP contribution in [0.4, 0.5) is 0 Å². The van der Waals surface area contributed by atoms with Crippen molar-refractivity contribution in [3.05, 3.63) is 40.5 Å². The molecule has 102 valence electrons. The molecule has 2 rings (SSSR count). The van der Waals surface area contributed by atoms with Crippen molar-refractivity contribution in [3.8, 4) is 11.3 Å². The zero-order valence-corrected chi connectivity index (χ0v) is 12.5. The summed E-state index contributed by atoms with van der Waals surface area (Å²) >= 11 is 6.01. The fraction of sp³-hybridized carbons (Fsp3) is 0.400. The minimum absolute atomic E-state index is 0.765. The number of nitrogens with zero attached hydrogens (tertiary/aromatic N) is 2. The summed E-state index contributed by atoms with van der Waals surface area (Å²) in [4.78, 5) is 2.31. The Morgan fingerprint density at radius 1 is 1.37 bits per heavy atom. The van der Waals surface area contributed by atoms with Crippen LogP contribution in [0.15, 0.2) is 24.4 Å². The first-order valence-electron chi connectivity index (χ1n) is 6.59. The molecule has 0 radical (unpaired) electrons. The first-order chi connectivity index (χ1) is 9.11. The molecule has 1 heterocycles. The van der Waals surface area contributed by atoms with Gasteiger partial charge >= 0.3 is 0 Å². The maximum absolute atomic E-state index is 6.01. The van der Waals surface area contributed by atoms with Gasteiger partial charge < -0.3 is 4.90 Å². The Bertz CT molecular complexity index is 548. The van der Waals surface area contributed by atoms with Crippen LogP contribution in [0.2, 0.25) is 5.02 Å². The van der Waals surface area contributed by atoms with Crippen LogP contribution in [-0.4, -0.2) is 28.7 Å². The molecule has 0 spiro atoms. The van der Waals surface area contributed by atoms with Gasteiger partial charge in [0.1, 0.15) is 0 Å². The quantitative estimate of drug-likeness (QED) is 0.899. The SMILES string of the molecule is CCCN(C)Cc1c[nH]nc1-c1ccc(Cl)cc1C. The van der Waals surface area contributed by atoms with Crippen LogP contribution in [0.3, 0.4) is 0 Å². The summed E-state index contributed by atoms with van der Waals surface area (Å²) in [7, 11) is 2.13. The number of hydrogen-bond donors (Lipinski definition) is 1. The minimum Gasteiger partial charge on any atom is -0.302 e. The topological polar surface area (TPSA) is 31.9 Å². The number of hydrogen-bond acceptors (Lipinski definition) is 2. The first kappa shape index (κ1) is 14.1. The number of aromatic nitrogens is 2. The molecule has 0 saturated carbocycles. The summed E-state index contributed by atoms with van der Waals surface area (Å²) in [6.45, 7) is 6.25. The Morgan fingerprint density at radius 2 is 2.16 bits per heavy atom. The summed E-state index contributed by atoms with van der Waals surface area (Å²) < 4.78 is 0. The van der Waals surface area contributed by atoms with Crippen LogP contribution in [0.1, 0.15) is 24.5 Å². The number of rotatable bonds is 5. The third-order valence-corrected chi connectivity index (χ3v) is 3.44. The molecule has 0 fully saturated rings. The van der Waals surface area contributed by atoms with Crippen molar-refractivity contribution in [3.63, 3.8) is 0 Å². The maximum atomic E-state index is 6.01. The molecule has 1 aromatic heterocycles. The van der Waals surface area contributed by atoms with Gasteiger partial charge in [-0.1, -0.05) is 24.6 Å². The molecule has 3 nitrogen and oxygen atoms in total. The van der Waals surface area contributed by atoms with Crippen LogP contribution < -0.4 is 0 Å². The summed E-state index contributed by atoms with van der Waals surface area (Å²) in [5.74, 6) is 0.